The molecule has 14 heavy (non-hydrogen) atoms. The molecule has 0 saturated carbocycles. The largest absolute Gasteiger partial charge is 0.422 e. The van der Waals surface area contributed by atoms with Crippen LogP contribution in [0.25, 0.3) is 11.0 Å². The fourth-order valence-electron chi connectivity index (χ4n) is 1.45. The summed E-state index contributed by atoms with van der Waals surface area (Å²) in [7, 11) is 0. The van der Waals surface area contributed by atoms with Gasteiger partial charge in [0, 0.05) is 5.39 Å². The molecule has 0 saturated heterocycles. The van der Waals surface area contributed by atoms with Gasteiger partial charge in [-0.15, -0.1) is 0 Å². The average molecular weight is 209 g/mol. The summed E-state index contributed by atoms with van der Waals surface area (Å²) in [6.07, 6.45) is 0.589. The van der Waals surface area contributed by atoms with Crippen molar-refractivity contribution >= 4 is 22.6 Å². The summed E-state index contributed by atoms with van der Waals surface area (Å²) in [5.41, 5.74) is 0.751. The highest BCUT2D eigenvalue weighted by Crippen LogP contribution is 2.24. The van der Waals surface area contributed by atoms with Crippen LogP contribution in [0.4, 0.5) is 0 Å². The van der Waals surface area contributed by atoms with Gasteiger partial charge in [-0.3, -0.25) is 0 Å². The number of para-hydroxylation sites is 1. The van der Waals surface area contributed by atoms with Gasteiger partial charge < -0.3 is 4.42 Å². The Hall–Kier alpha value is -1.28. The van der Waals surface area contributed by atoms with Crippen LogP contribution < -0.4 is 5.63 Å². The molecule has 0 radical (unpaired) electrons. The van der Waals surface area contributed by atoms with Gasteiger partial charge in [-0.2, -0.15) is 0 Å². The van der Waals surface area contributed by atoms with Gasteiger partial charge in [-0.25, -0.2) is 4.79 Å². The van der Waals surface area contributed by atoms with Crippen LogP contribution in [0.5, 0.6) is 0 Å². The predicted octanol–water partition coefficient (Wildman–Crippen LogP) is 3.01. The molecule has 0 aliphatic rings. The van der Waals surface area contributed by atoms with E-state index in [2.05, 4.69) is 0 Å². The molecule has 1 heterocycles. The first-order valence-electron chi connectivity index (χ1n) is 4.44. The zero-order valence-corrected chi connectivity index (χ0v) is 8.47. The van der Waals surface area contributed by atoms with E-state index in [0.717, 1.165) is 5.39 Å². The normalized spacial score (nSPS) is 10.7. The lowest BCUT2D eigenvalue weighted by Gasteiger charge is -2.02. The van der Waals surface area contributed by atoms with E-state index in [4.69, 9.17) is 16.0 Å². The van der Waals surface area contributed by atoms with E-state index in [-0.39, 0.29) is 5.63 Å². The van der Waals surface area contributed by atoms with Crippen molar-refractivity contribution in [2.75, 3.05) is 0 Å². The lowest BCUT2D eigenvalue weighted by Crippen LogP contribution is -2.06. The van der Waals surface area contributed by atoms with Crippen molar-refractivity contribution in [3.63, 3.8) is 0 Å². The van der Waals surface area contributed by atoms with Crippen LogP contribution in [0, 0.1) is 0 Å². The number of halogens is 1. The zero-order chi connectivity index (χ0) is 10.1. The Balaban J connectivity index is 2.93. The molecule has 2 nitrogen and oxygen atoms in total. The summed E-state index contributed by atoms with van der Waals surface area (Å²) in [6.45, 7) is 1.88. The molecule has 0 fully saturated rings. The number of fused-ring (bicyclic) bond motifs is 1. The van der Waals surface area contributed by atoms with Gasteiger partial charge in [0.1, 0.15) is 5.58 Å². The van der Waals surface area contributed by atoms with Crippen LogP contribution in [-0.2, 0) is 6.42 Å². The maximum absolute atomic E-state index is 11.4. The van der Waals surface area contributed by atoms with Crippen molar-refractivity contribution in [1.29, 1.82) is 0 Å². The molecule has 2 rings (SSSR count). The van der Waals surface area contributed by atoms with Crippen molar-refractivity contribution in [1.82, 2.24) is 0 Å². The highest BCUT2D eigenvalue weighted by atomic mass is 35.5. The minimum atomic E-state index is -0.337. The first kappa shape index (κ1) is 9.28. The highest BCUT2D eigenvalue weighted by molar-refractivity contribution is 6.35. The third kappa shape index (κ3) is 1.32. The van der Waals surface area contributed by atoms with Crippen LogP contribution in [0.2, 0.25) is 5.02 Å². The topological polar surface area (TPSA) is 30.2 Å². The van der Waals surface area contributed by atoms with E-state index in [0.29, 0.717) is 22.6 Å². The fraction of sp³-hybridized carbons (Fsp3) is 0.182. The van der Waals surface area contributed by atoms with E-state index >= 15 is 0 Å². The van der Waals surface area contributed by atoms with E-state index in [1.807, 2.05) is 25.1 Å². The first-order valence-corrected chi connectivity index (χ1v) is 4.82. The average Bonchev–Trinajstić information content (AvgIpc) is 2.18. The molecule has 0 N–H and O–H groups in total. The van der Waals surface area contributed by atoms with Crippen LogP contribution in [-0.4, -0.2) is 0 Å². The van der Waals surface area contributed by atoms with Gasteiger partial charge >= 0.3 is 5.63 Å². The molecule has 0 unspecified atom stereocenters. The Morgan fingerprint density at radius 1 is 1.36 bits per heavy atom. The molecule has 0 aliphatic heterocycles. The minimum Gasteiger partial charge on any atom is -0.422 e. The van der Waals surface area contributed by atoms with Crippen LogP contribution in [0.1, 0.15) is 12.5 Å². The second-order valence-electron chi connectivity index (χ2n) is 3.03. The molecule has 0 amide bonds. The van der Waals surface area contributed by atoms with E-state index < -0.39 is 0 Å². The molecule has 3 heteroatoms. The van der Waals surface area contributed by atoms with Crippen molar-refractivity contribution in [2.45, 2.75) is 13.3 Å². The van der Waals surface area contributed by atoms with Crippen molar-refractivity contribution in [3.8, 4) is 0 Å². The Morgan fingerprint density at radius 2 is 2.07 bits per heavy atom. The molecule has 0 atom stereocenters. The SMILES string of the molecule is CCc1c(Cl)c2ccccc2oc1=O. The summed E-state index contributed by atoms with van der Waals surface area (Å²) in [5.74, 6) is 0. The Kier molecular flexibility index (Phi) is 2.30. The smallest absolute Gasteiger partial charge is 0.340 e. The molecule has 1 aromatic carbocycles. The molecule has 0 spiro atoms. The number of benzene rings is 1. The maximum Gasteiger partial charge on any atom is 0.340 e. The molecule has 0 aliphatic carbocycles. The summed E-state index contributed by atoms with van der Waals surface area (Å²) >= 11 is 6.09. The van der Waals surface area contributed by atoms with E-state index in [1.54, 1.807) is 6.07 Å². The monoisotopic (exact) mass is 208 g/mol. The third-order valence-corrected chi connectivity index (χ3v) is 2.62. The summed E-state index contributed by atoms with van der Waals surface area (Å²) in [5, 5.41) is 1.31. The molecular formula is C11H9ClO2. The van der Waals surface area contributed by atoms with Crippen LogP contribution in [0.15, 0.2) is 33.5 Å². The van der Waals surface area contributed by atoms with Gasteiger partial charge in [0.2, 0.25) is 0 Å². The van der Waals surface area contributed by atoms with Crippen LogP contribution in [0.3, 0.4) is 0 Å². The minimum absolute atomic E-state index is 0.337. The number of rotatable bonds is 1. The lowest BCUT2D eigenvalue weighted by atomic mass is 10.1. The fourth-order valence-corrected chi connectivity index (χ4v) is 1.82. The van der Waals surface area contributed by atoms with Gasteiger partial charge in [0.15, 0.2) is 0 Å². The lowest BCUT2D eigenvalue weighted by molar-refractivity contribution is 0.551. The standard InChI is InChI=1S/C11H9ClO2/c1-2-7-10(12)8-5-3-4-6-9(8)14-11(7)13/h3-6H,2H2,1H3. The first-order chi connectivity index (χ1) is 6.74. The molecular weight excluding hydrogens is 200 g/mol. The summed E-state index contributed by atoms with van der Waals surface area (Å²) < 4.78 is 5.12. The van der Waals surface area contributed by atoms with Gasteiger partial charge in [-0.05, 0) is 18.6 Å². The Bertz CT molecular complexity index is 528. The van der Waals surface area contributed by atoms with Gasteiger partial charge in [-0.1, -0.05) is 30.7 Å². The number of hydrogen-bond donors (Lipinski definition) is 0. The maximum atomic E-state index is 11.4. The molecule has 0 bridgehead atoms. The Morgan fingerprint density at radius 3 is 2.79 bits per heavy atom. The van der Waals surface area contributed by atoms with E-state index in [1.165, 1.54) is 0 Å². The summed E-state index contributed by atoms with van der Waals surface area (Å²) in [4.78, 5) is 11.4. The third-order valence-electron chi connectivity index (χ3n) is 2.19. The van der Waals surface area contributed by atoms with Gasteiger partial charge in [0.25, 0.3) is 0 Å². The quantitative estimate of drug-likeness (QED) is 0.675. The van der Waals surface area contributed by atoms with E-state index in [9.17, 15) is 4.79 Å². The highest BCUT2D eigenvalue weighted by Gasteiger charge is 2.09. The van der Waals surface area contributed by atoms with Gasteiger partial charge in [0.05, 0.1) is 10.6 Å². The van der Waals surface area contributed by atoms with Crippen LogP contribution >= 0.6 is 11.6 Å². The van der Waals surface area contributed by atoms with Crippen molar-refractivity contribution < 1.29 is 4.42 Å². The molecule has 2 aromatic rings. The van der Waals surface area contributed by atoms with Crippen molar-refractivity contribution in [3.05, 3.63) is 45.3 Å². The number of hydrogen-bond acceptors (Lipinski definition) is 2. The Labute approximate surface area is 86.1 Å². The second-order valence-corrected chi connectivity index (χ2v) is 3.41. The van der Waals surface area contributed by atoms with Crippen molar-refractivity contribution in [2.24, 2.45) is 0 Å². The zero-order valence-electron chi connectivity index (χ0n) is 7.71. The second kappa shape index (κ2) is 3.46. The molecule has 72 valence electrons. The summed E-state index contributed by atoms with van der Waals surface area (Å²) in [6, 6.07) is 7.27. The molecule has 1 aromatic heterocycles. The predicted molar refractivity (Wildman–Crippen MR) is 56.9 cm³/mol.